The van der Waals surface area contributed by atoms with E-state index in [4.69, 9.17) is 10.8 Å². The Labute approximate surface area is 94.0 Å². The first-order valence-corrected chi connectivity index (χ1v) is 5.92. The molecule has 1 atom stereocenters. The van der Waals surface area contributed by atoms with Crippen molar-refractivity contribution in [3.63, 3.8) is 0 Å². The fourth-order valence-electron chi connectivity index (χ4n) is 1.07. The minimum atomic E-state index is -1.05. The van der Waals surface area contributed by atoms with Gasteiger partial charge >= 0.3 is 5.97 Å². The second-order valence-electron chi connectivity index (χ2n) is 2.86. The average Bonchev–Trinajstić information content (AvgIpc) is 2.86. The molecule has 2 heterocycles. The lowest BCUT2D eigenvalue weighted by Crippen LogP contribution is -2.20. The van der Waals surface area contributed by atoms with Crippen molar-refractivity contribution >= 4 is 28.6 Å². The number of nitrogens with two attached hydrogens (primary N) is 1. The lowest BCUT2D eigenvalue weighted by atomic mass is 10.3. The van der Waals surface area contributed by atoms with Gasteiger partial charge in [0.05, 0.1) is 10.6 Å². The maximum absolute atomic E-state index is 10.6. The summed E-state index contributed by atoms with van der Waals surface area (Å²) in [5.41, 5.74) is 6.25. The fraction of sp³-hybridized carbons (Fsp3) is 0.111. The zero-order valence-corrected chi connectivity index (χ0v) is 9.22. The van der Waals surface area contributed by atoms with Crippen molar-refractivity contribution in [1.82, 2.24) is 4.98 Å². The lowest BCUT2D eigenvalue weighted by molar-refractivity contribution is -0.138. The van der Waals surface area contributed by atoms with E-state index in [0.717, 1.165) is 10.6 Å². The zero-order chi connectivity index (χ0) is 10.8. The first-order chi connectivity index (χ1) is 7.18. The quantitative estimate of drug-likeness (QED) is 0.859. The highest BCUT2D eigenvalue weighted by molar-refractivity contribution is 7.14. The van der Waals surface area contributed by atoms with E-state index in [1.807, 2.05) is 22.9 Å². The van der Waals surface area contributed by atoms with Crippen LogP contribution >= 0.6 is 22.7 Å². The molecule has 78 valence electrons. The van der Waals surface area contributed by atoms with Crippen LogP contribution < -0.4 is 5.73 Å². The van der Waals surface area contributed by atoms with E-state index in [2.05, 4.69) is 4.98 Å². The molecule has 0 aliphatic carbocycles. The molecular weight excluding hydrogens is 232 g/mol. The Hall–Kier alpha value is -1.24. The lowest BCUT2D eigenvalue weighted by Gasteiger charge is -1.99. The van der Waals surface area contributed by atoms with E-state index in [1.165, 1.54) is 11.3 Å². The molecule has 0 aromatic carbocycles. The molecule has 2 aromatic rings. The summed E-state index contributed by atoms with van der Waals surface area (Å²) in [4.78, 5) is 15.9. The van der Waals surface area contributed by atoms with Crippen molar-refractivity contribution in [2.24, 2.45) is 5.73 Å². The van der Waals surface area contributed by atoms with E-state index in [-0.39, 0.29) is 0 Å². The monoisotopic (exact) mass is 240 g/mol. The van der Waals surface area contributed by atoms with Crippen LogP contribution in [-0.2, 0) is 4.79 Å². The first-order valence-electron chi connectivity index (χ1n) is 4.16. The summed E-state index contributed by atoms with van der Waals surface area (Å²) in [7, 11) is 0. The number of carboxylic acids is 1. The van der Waals surface area contributed by atoms with Crippen LogP contribution in [0.5, 0.6) is 0 Å². The molecule has 1 unspecified atom stereocenters. The predicted octanol–water partition coefficient (Wildman–Crippen LogP) is 1.96. The number of thiazole rings is 1. The fourth-order valence-corrected chi connectivity index (χ4v) is 2.64. The highest BCUT2D eigenvalue weighted by Gasteiger charge is 2.18. The molecule has 6 heteroatoms. The van der Waals surface area contributed by atoms with Crippen LogP contribution in [0.4, 0.5) is 0 Å². The SMILES string of the molecule is NC(C(=O)O)c1nc(-c2cccs2)cs1. The Kier molecular flexibility index (Phi) is 2.81. The van der Waals surface area contributed by atoms with Gasteiger partial charge in [0.15, 0.2) is 6.04 Å². The number of rotatable bonds is 3. The Morgan fingerprint density at radius 3 is 2.93 bits per heavy atom. The van der Waals surface area contributed by atoms with Gasteiger partial charge in [-0.2, -0.15) is 0 Å². The number of hydrogen-bond donors (Lipinski definition) is 2. The maximum Gasteiger partial charge on any atom is 0.327 e. The largest absolute Gasteiger partial charge is 0.480 e. The maximum atomic E-state index is 10.6. The van der Waals surface area contributed by atoms with Crippen molar-refractivity contribution < 1.29 is 9.90 Å². The molecular formula is C9H8N2O2S2. The molecule has 3 N–H and O–H groups in total. The van der Waals surface area contributed by atoms with Gasteiger partial charge in [0.1, 0.15) is 5.01 Å². The van der Waals surface area contributed by atoms with Crippen LogP contribution in [0, 0.1) is 0 Å². The zero-order valence-electron chi connectivity index (χ0n) is 7.58. The summed E-state index contributed by atoms with van der Waals surface area (Å²) in [6.07, 6.45) is 0. The van der Waals surface area contributed by atoms with Gasteiger partial charge in [0.25, 0.3) is 0 Å². The van der Waals surface area contributed by atoms with Gasteiger partial charge in [-0.15, -0.1) is 22.7 Å². The number of aliphatic carboxylic acids is 1. The third-order valence-corrected chi connectivity index (χ3v) is 3.65. The highest BCUT2D eigenvalue weighted by atomic mass is 32.1. The topological polar surface area (TPSA) is 76.2 Å². The molecule has 0 aliphatic rings. The van der Waals surface area contributed by atoms with Crippen molar-refractivity contribution in [2.75, 3.05) is 0 Å². The second-order valence-corrected chi connectivity index (χ2v) is 4.70. The van der Waals surface area contributed by atoms with Crippen molar-refractivity contribution in [1.29, 1.82) is 0 Å². The van der Waals surface area contributed by atoms with E-state index in [0.29, 0.717) is 5.01 Å². The molecule has 0 fully saturated rings. The molecule has 2 aromatic heterocycles. The van der Waals surface area contributed by atoms with Gasteiger partial charge in [-0.3, -0.25) is 4.79 Å². The van der Waals surface area contributed by atoms with E-state index >= 15 is 0 Å². The highest BCUT2D eigenvalue weighted by Crippen LogP contribution is 2.27. The molecule has 0 saturated heterocycles. The van der Waals surface area contributed by atoms with Gasteiger partial charge in [-0.1, -0.05) is 6.07 Å². The molecule has 4 nitrogen and oxygen atoms in total. The summed E-state index contributed by atoms with van der Waals surface area (Å²) in [5, 5.41) is 12.9. The summed E-state index contributed by atoms with van der Waals surface area (Å²) in [5.74, 6) is -1.05. The van der Waals surface area contributed by atoms with Crippen molar-refractivity contribution in [3.05, 3.63) is 27.9 Å². The summed E-state index contributed by atoms with van der Waals surface area (Å²) < 4.78 is 0. The summed E-state index contributed by atoms with van der Waals surface area (Å²) in [6.45, 7) is 0. The third-order valence-electron chi connectivity index (χ3n) is 1.83. The molecule has 0 amide bonds. The van der Waals surface area contributed by atoms with Crippen LogP contribution in [0.25, 0.3) is 10.6 Å². The van der Waals surface area contributed by atoms with Gasteiger partial charge in [-0.25, -0.2) is 4.98 Å². The molecule has 0 aliphatic heterocycles. The Morgan fingerprint density at radius 2 is 2.33 bits per heavy atom. The Bertz CT molecular complexity index is 464. The minimum Gasteiger partial charge on any atom is -0.480 e. The number of hydrogen-bond acceptors (Lipinski definition) is 5. The average molecular weight is 240 g/mol. The summed E-state index contributed by atoms with van der Waals surface area (Å²) in [6, 6.07) is 2.84. The molecule has 0 radical (unpaired) electrons. The number of carbonyl (C=O) groups is 1. The number of aromatic nitrogens is 1. The number of thiophene rings is 1. The smallest absolute Gasteiger partial charge is 0.327 e. The van der Waals surface area contributed by atoms with Gasteiger partial charge in [0.2, 0.25) is 0 Å². The van der Waals surface area contributed by atoms with Crippen LogP contribution in [0.3, 0.4) is 0 Å². The predicted molar refractivity (Wildman–Crippen MR) is 60.0 cm³/mol. The minimum absolute atomic E-state index is 0.436. The molecule has 0 spiro atoms. The van der Waals surface area contributed by atoms with Crippen LogP contribution in [0.15, 0.2) is 22.9 Å². The van der Waals surface area contributed by atoms with Crippen LogP contribution in [0.1, 0.15) is 11.0 Å². The normalized spacial score (nSPS) is 12.6. The van der Waals surface area contributed by atoms with Crippen molar-refractivity contribution in [2.45, 2.75) is 6.04 Å². The first kappa shape index (κ1) is 10.3. The molecule has 2 rings (SSSR count). The number of carboxylic acid groups (broad SMARTS) is 1. The summed E-state index contributed by atoms with van der Waals surface area (Å²) >= 11 is 2.84. The van der Waals surface area contributed by atoms with Gasteiger partial charge in [-0.05, 0) is 11.4 Å². The van der Waals surface area contributed by atoms with Crippen LogP contribution in [0.2, 0.25) is 0 Å². The standard InChI is InChI=1S/C9H8N2O2S2/c10-7(9(12)13)8-11-5(4-15-8)6-2-1-3-14-6/h1-4,7H,10H2,(H,12,13). The molecule has 0 bridgehead atoms. The Balaban J connectivity index is 2.28. The molecule has 15 heavy (non-hydrogen) atoms. The van der Waals surface area contributed by atoms with E-state index in [1.54, 1.807) is 11.3 Å². The van der Waals surface area contributed by atoms with Crippen LogP contribution in [-0.4, -0.2) is 16.1 Å². The van der Waals surface area contributed by atoms with Gasteiger partial charge in [0, 0.05) is 5.38 Å². The van der Waals surface area contributed by atoms with E-state index in [9.17, 15) is 4.79 Å². The Morgan fingerprint density at radius 1 is 1.53 bits per heavy atom. The molecule has 0 saturated carbocycles. The number of nitrogens with zero attached hydrogens (tertiary/aromatic N) is 1. The van der Waals surface area contributed by atoms with Gasteiger partial charge < -0.3 is 10.8 Å². The van der Waals surface area contributed by atoms with Crippen molar-refractivity contribution in [3.8, 4) is 10.6 Å². The second kappa shape index (κ2) is 4.09. The third kappa shape index (κ3) is 2.06. The van der Waals surface area contributed by atoms with E-state index < -0.39 is 12.0 Å².